The standard InChI is InChI=1S/C18H21N3O4/c22-11-12-6-8-21(9-7-12)14-3-1-2-13(10-14)17(24)19-15-4-5-16(23)20-18(15)25/h1-3,10-12,15H,4-9H2,(H,19,24)(H,20,23,25). The molecule has 0 radical (unpaired) electrons. The van der Waals surface area contributed by atoms with Gasteiger partial charge in [0.05, 0.1) is 0 Å². The molecule has 0 aliphatic carbocycles. The van der Waals surface area contributed by atoms with Gasteiger partial charge in [0.25, 0.3) is 5.91 Å². The number of hydrogen-bond donors (Lipinski definition) is 2. The molecule has 25 heavy (non-hydrogen) atoms. The lowest BCUT2D eigenvalue weighted by atomic mass is 9.98. The number of hydrogen-bond acceptors (Lipinski definition) is 5. The van der Waals surface area contributed by atoms with Gasteiger partial charge in [-0.05, 0) is 37.5 Å². The van der Waals surface area contributed by atoms with E-state index in [2.05, 4.69) is 15.5 Å². The quantitative estimate of drug-likeness (QED) is 0.618. The number of benzene rings is 1. The highest BCUT2D eigenvalue weighted by Gasteiger charge is 2.28. The summed E-state index contributed by atoms with van der Waals surface area (Å²) in [6, 6.07) is 6.55. The van der Waals surface area contributed by atoms with E-state index in [9.17, 15) is 19.2 Å². The molecule has 3 rings (SSSR count). The summed E-state index contributed by atoms with van der Waals surface area (Å²) in [6.45, 7) is 1.56. The van der Waals surface area contributed by atoms with Crippen LogP contribution in [0, 0.1) is 5.92 Å². The molecule has 2 N–H and O–H groups in total. The summed E-state index contributed by atoms with van der Waals surface area (Å²) in [5.41, 5.74) is 1.40. The first-order chi connectivity index (χ1) is 12.1. The van der Waals surface area contributed by atoms with Gasteiger partial charge in [0.1, 0.15) is 12.3 Å². The Morgan fingerprint density at radius 2 is 1.96 bits per heavy atom. The number of piperidine rings is 2. The van der Waals surface area contributed by atoms with E-state index < -0.39 is 11.9 Å². The minimum absolute atomic E-state index is 0.121. The molecule has 2 aliphatic heterocycles. The number of carbonyl (C=O) groups excluding carboxylic acids is 4. The first-order valence-corrected chi connectivity index (χ1v) is 8.51. The number of amides is 3. The van der Waals surface area contributed by atoms with Crippen molar-refractivity contribution in [2.45, 2.75) is 31.7 Å². The van der Waals surface area contributed by atoms with Crippen LogP contribution in [0.4, 0.5) is 5.69 Å². The molecule has 0 saturated carbocycles. The molecular formula is C18H21N3O4. The van der Waals surface area contributed by atoms with Crippen LogP contribution < -0.4 is 15.5 Å². The summed E-state index contributed by atoms with van der Waals surface area (Å²) in [5.74, 6) is -0.984. The van der Waals surface area contributed by atoms with Gasteiger partial charge in [-0.2, -0.15) is 0 Å². The third-order valence-electron chi connectivity index (χ3n) is 4.75. The minimum Gasteiger partial charge on any atom is -0.371 e. The van der Waals surface area contributed by atoms with Crippen LogP contribution in [-0.4, -0.2) is 43.1 Å². The van der Waals surface area contributed by atoms with E-state index in [-0.39, 0.29) is 24.2 Å². The lowest BCUT2D eigenvalue weighted by molar-refractivity contribution is -0.134. The normalized spacial score (nSPS) is 21.6. The smallest absolute Gasteiger partial charge is 0.252 e. The van der Waals surface area contributed by atoms with Crippen molar-refractivity contribution in [2.75, 3.05) is 18.0 Å². The first-order valence-electron chi connectivity index (χ1n) is 8.51. The van der Waals surface area contributed by atoms with Gasteiger partial charge < -0.3 is 15.0 Å². The Morgan fingerprint density at radius 1 is 1.20 bits per heavy atom. The molecule has 0 aromatic heterocycles. The average Bonchev–Trinajstić information content (AvgIpc) is 2.64. The van der Waals surface area contributed by atoms with E-state index in [0.717, 1.165) is 37.9 Å². The number of carbonyl (C=O) groups is 4. The van der Waals surface area contributed by atoms with Crippen molar-refractivity contribution in [1.82, 2.24) is 10.6 Å². The fourth-order valence-corrected chi connectivity index (χ4v) is 3.21. The Balaban J connectivity index is 1.65. The van der Waals surface area contributed by atoms with Gasteiger partial charge in [-0.1, -0.05) is 6.07 Å². The van der Waals surface area contributed by atoms with Crippen molar-refractivity contribution in [3.05, 3.63) is 29.8 Å². The van der Waals surface area contributed by atoms with Gasteiger partial charge in [0, 0.05) is 36.7 Å². The van der Waals surface area contributed by atoms with Gasteiger partial charge in [0.15, 0.2) is 0 Å². The van der Waals surface area contributed by atoms with E-state index in [4.69, 9.17) is 0 Å². The molecule has 0 bridgehead atoms. The molecule has 1 unspecified atom stereocenters. The Hall–Kier alpha value is -2.70. The van der Waals surface area contributed by atoms with Crippen LogP contribution in [0.25, 0.3) is 0 Å². The molecular weight excluding hydrogens is 322 g/mol. The number of nitrogens with zero attached hydrogens (tertiary/aromatic N) is 1. The fourth-order valence-electron chi connectivity index (χ4n) is 3.21. The number of imide groups is 1. The first kappa shape index (κ1) is 17.1. The number of nitrogens with one attached hydrogen (secondary N) is 2. The summed E-state index contributed by atoms with van der Waals surface area (Å²) < 4.78 is 0. The lowest BCUT2D eigenvalue weighted by Gasteiger charge is -2.31. The van der Waals surface area contributed by atoms with Crippen LogP contribution in [0.5, 0.6) is 0 Å². The maximum Gasteiger partial charge on any atom is 0.252 e. The van der Waals surface area contributed by atoms with Crippen LogP contribution in [0.15, 0.2) is 24.3 Å². The van der Waals surface area contributed by atoms with Crippen LogP contribution in [0.2, 0.25) is 0 Å². The SMILES string of the molecule is O=CC1CCN(c2cccc(C(=O)NC3CCC(=O)NC3=O)c2)CC1. The molecule has 1 aromatic rings. The number of aldehydes is 1. The maximum atomic E-state index is 12.4. The zero-order chi connectivity index (χ0) is 17.8. The molecule has 2 heterocycles. The second-order valence-corrected chi connectivity index (χ2v) is 6.49. The van der Waals surface area contributed by atoms with Crippen LogP contribution >= 0.6 is 0 Å². The molecule has 2 fully saturated rings. The Kier molecular flexibility index (Phi) is 5.11. The van der Waals surface area contributed by atoms with Crippen molar-refractivity contribution < 1.29 is 19.2 Å². The summed E-state index contributed by atoms with van der Waals surface area (Å²) in [7, 11) is 0. The lowest BCUT2D eigenvalue weighted by Crippen LogP contribution is -2.52. The van der Waals surface area contributed by atoms with Gasteiger partial charge in [-0.15, -0.1) is 0 Å². The van der Waals surface area contributed by atoms with E-state index in [0.29, 0.717) is 12.0 Å². The van der Waals surface area contributed by atoms with E-state index in [1.165, 1.54) is 0 Å². The van der Waals surface area contributed by atoms with Crippen molar-refractivity contribution >= 4 is 29.7 Å². The molecule has 7 nitrogen and oxygen atoms in total. The number of anilines is 1. The van der Waals surface area contributed by atoms with Gasteiger partial charge in [0.2, 0.25) is 11.8 Å². The Morgan fingerprint density at radius 3 is 2.64 bits per heavy atom. The zero-order valence-corrected chi connectivity index (χ0v) is 13.9. The largest absolute Gasteiger partial charge is 0.371 e. The van der Waals surface area contributed by atoms with Crippen molar-refractivity contribution in [3.8, 4) is 0 Å². The molecule has 2 saturated heterocycles. The molecule has 0 spiro atoms. The average molecular weight is 343 g/mol. The summed E-state index contributed by atoms with van der Waals surface area (Å²) >= 11 is 0. The Bertz CT molecular complexity index is 695. The predicted octanol–water partition coefficient (Wildman–Crippen LogP) is 0.637. The predicted molar refractivity (Wildman–Crippen MR) is 91.1 cm³/mol. The topological polar surface area (TPSA) is 95.6 Å². The van der Waals surface area contributed by atoms with Crippen LogP contribution in [0.1, 0.15) is 36.0 Å². The Labute approximate surface area is 145 Å². The second-order valence-electron chi connectivity index (χ2n) is 6.49. The molecule has 1 aromatic carbocycles. The van der Waals surface area contributed by atoms with Gasteiger partial charge in [-0.25, -0.2) is 0 Å². The van der Waals surface area contributed by atoms with Crippen molar-refractivity contribution in [2.24, 2.45) is 5.92 Å². The third kappa shape index (κ3) is 4.04. The molecule has 3 amide bonds. The van der Waals surface area contributed by atoms with Gasteiger partial charge >= 0.3 is 0 Å². The zero-order valence-electron chi connectivity index (χ0n) is 13.9. The summed E-state index contributed by atoms with van der Waals surface area (Å²) in [5, 5.41) is 4.91. The highest BCUT2D eigenvalue weighted by atomic mass is 16.2. The maximum absolute atomic E-state index is 12.4. The number of rotatable bonds is 4. The van der Waals surface area contributed by atoms with E-state index >= 15 is 0 Å². The van der Waals surface area contributed by atoms with Crippen molar-refractivity contribution in [1.29, 1.82) is 0 Å². The van der Waals surface area contributed by atoms with E-state index in [1.807, 2.05) is 6.07 Å². The molecule has 2 aliphatic rings. The second kappa shape index (κ2) is 7.46. The highest BCUT2D eigenvalue weighted by Crippen LogP contribution is 2.23. The summed E-state index contributed by atoms with van der Waals surface area (Å²) in [6.07, 6.45) is 3.19. The molecule has 1 atom stereocenters. The third-order valence-corrected chi connectivity index (χ3v) is 4.75. The fraction of sp³-hybridized carbons (Fsp3) is 0.444. The molecule has 132 valence electrons. The minimum atomic E-state index is -0.683. The van der Waals surface area contributed by atoms with Crippen molar-refractivity contribution in [3.63, 3.8) is 0 Å². The summed E-state index contributed by atoms with van der Waals surface area (Å²) in [4.78, 5) is 48.4. The van der Waals surface area contributed by atoms with Crippen LogP contribution in [-0.2, 0) is 14.4 Å². The van der Waals surface area contributed by atoms with E-state index in [1.54, 1.807) is 18.2 Å². The van der Waals surface area contributed by atoms with Crippen LogP contribution in [0.3, 0.4) is 0 Å². The monoisotopic (exact) mass is 343 g/mol. The highest BCUT2D eigenvalue weighted by molar-refractivity contribution is 6.04. The molecule has 7 heteroatoms. The van der Waals surface area contributed by atoms with Gasteiger partial charge in [-0.3, -0.25) is 19.7 Å².